The maximum atomic E-state index is 10.1. The fourth-order valence-electron chi connectivity index (χ4n) is 2.63. The van der Waals surface area contributed by atoms with E-state index in [0.717, 1.165) is 11.1 Å². The summed E-state index contributed by atoms with van der Waals surface area (Å²) in [5, 5.41) is 20.8. The Morgan fingerprint density at radius 2 is 1.12 bits per heavy atom. The zero-order valence-corrected chi connectivity index (χ0v) is 16.8. The van der Waals surface area contributed by atoms with Crippen molar-refractivity contribution in [3.63, 3.8) is 0 Å². The zero-order valence-electron chi connectivity index (χ0n) is 15.3. The number of phenols is 2. The summed E-state index contributed by atoms with van der Waals surface area (Å²) in [5.74, 6) is 0.0787. The van der Waals surface area contributed by atoms with E-state index < -0.39 is 0 Å². The van der Waals surface area contributed by atoms with Crippen LogP contribution in [0.2, 0.25) is 10.0 Å². The molecule has 0 aliphatic rings. The van der Waals surface area contributed by atoms with Crippen LogP contribution in [0.15, 0.2) is 34.3 Å². The first kappa shape index (κ1) is 20.3. The summed E-state index contributed by atoms with van der Waals surface area (Å²) in [5.41, 5.74) is 4.55. The third-order valence-corrected chi connectivity index (χ3v) is 4.57. The van der Waals surface area contributed by atoms with Crippen molar-refractivity contribution in [2.45, 2.75) is 27.7 Å². The second kappa shape index (κ2) is 8.56. The maximum absolute atomic E-state index is 10.1. The van der Waals surface area contributed by atoms with Gasteiger partial charge in [-0.05, 0) is 63.1 Å². The van der Waals surface area contributed by atoms with E-state index in [2.05, 4.69) is 9.98 Å². The molecule has 0 bridgehead atoms. The molecule has 6 heteroatoms. The first-order valence-electron chi connectivity index (χ1n) is 8.21. The van der Waals surface area contributed by atoms with Gasteiger partial charge >= 0.3 is 0 Å². The molecule has 0 atom stereocenters. The van der Waals surface area contributed by atoms with E-state index in [9.17, 15) is 10.2 Å². The SMILES string of the molecule is CC(=NCCN=C(C)c1cc(C)cc(Cl)c1O)c1cc(C)cc(Cl)c1O. The first-order chi connectivity index (χ1) is 12.2. The molecule has 0 aliphatic heterocycles. The lowest BCUT2D eigenvalue weighted by Crippen LogP contribution is -2.02. The number of phenolic OH excluding ortho intramolecular Hbond substituents is 2. The van der Waals surface area contributed by atoms with Crippen LogP contribution in [0.3, 0.4) is 0 Å². The summed E-state index contributed by atoms with van der Waals surface area (Å²) >= 11 is 12.0. The molecule has 0 spiro atoms. The van der Waals surface area contributed by atoms with Gasteiger partial charge in [0, 0.05) is 22.6 Å². The van der Waals surface area contributed by atoms with Crippen molar-refractivity contribution in [1.29, 1.82) is 0 Å². The maximum Gasteiger partial charge on any atom is 0.143 e. The molecule has 0 unspecified atom stereocenters. The van der Waals surface area contributed by atoms with Gasteiger partial charge in [0.15, 0.2) is 0 Å². The zero-order chi connectivity index (χ0) is 19.4. The molecule has 0 aliphatic carbocycles. The summed E-state index contributed by atoms with van der Waals surface area (Å²) in [7, 11) is 0. The van der Waals surface area contributed by atoms with E-state index in [1.54, 1.807) is 12.1 Å². The Labute approximate surface area is 163 Å². The molecule has 2 aromatic carbocycles. The quantitative estimate of drug-likeness (QED) is 0.532. The van der Waals surface area contributed by atoms with Crippen molar-refractivity contribution in [2.75, 3.05) is 13.1 Å². The summed E-state index contributed by atoms with van der Waals surface area (Å²) in [6, 6.07) is 7.12. The summed E-state index contributed by atoms with van der Waals surface area (Å²) in [6.07, 6.45) is 0. The third-order valence-electron chi connectivity index (χ3n) is 3.99. The Bertz CT molecular complexity index is 816. The average molecular weight is 393 g/mol. The molecule has 2 aromatic rings. The molecule has 4 nitrogen and oxygen atoms in total. The van der Waals surface area contributed by atoms with Gasteiger partial charge in [0.05, 0.1) is 23.1 Å². The van der Waals surface area contributed by atoms with Crippen LogP contribution in [-0.2, 0) is 0 Å². The number of benzene rings is 2. The normalized spacial score (nSPS) is 12.5. The van der Waals surface area contributed by atoms with Crippen LogP contribution >= 0.6 is 23.2 Å². The Hall–Kier alpha value is -2.04. The van der Waals surface area contributed by atoms with Crippen molar-refractivity contribution in [3.05, 3.63) is 56.6 Å². The molecule has 0 amide bonds. The molecule has 0 radical (unpaired) electrons. The first-order valence-corrected chi connectivity index (χ1v) is 8.97. The third kappa shape index (κ3) is 4.77. The summed E-state index contributed by atoms with van der Waals surface area (Å²) in [6.45, 7) is 8.38. The van der Waals surface area contributed by atoms with E-state index in [1.165, 1.54) is 0 Å². The predicted molar refractivity (Wildman–Crippen MR) is 110 cm³/mol. The number of aliphatic imine (C=N–C) groups is 2. The Balaban J connectivity index is 2.12. The molecule has 0 aromatic heterocycles. The molecule has 26 heavy (non-hydrogen) atoms. The van der Waals surface area contributed by atoms with Crippen LogP contribution in [0, 0.1) is 13.8 Å². The highest BCUT2D eigenvalue weighted by atomic mass is 35.5. The van der Waals surface area contributed by atoms with E-state index in [1.807, 2.05) is 39.8 Å². The van der Waals surface area contributed by atoms with Gasteiger partial charge in [-0.3, -0.25) is 9.98 Å². The van der Waals surface area contributed by atoms with Crippen LogP contribution in [0.1, 0.15) is 36.1 Å². The van der Waals surface area contributed by atoms with Crippen LogP contribution in [-0.4, -0.2) is 34.7 Å². The van der Waals surface area contributed by atoms with Gasteiger partial charge in [-0.25, -0.2) is 0 Å². The van der Waals surface area contributed by atoms with Crippen molar-refractivity contribution in [3.8, 4) is 11.5 Å². The minimum atomic E-state index is 0.0394. The molecule has 0 saturated carbocycles. The number of halogens is 2. The van der Waals surface area contributed by atoms with Crippen LogP contribution in [0.5, 0.6) is 11.5 Å². The van der Waals surface area contributed by atoms with Crippen molar-refractivity contribution in [2.24, 2.45) is 9.98 Å². The summed E-state index contributed by atoms with van der Waals surface area (Å²) in [4.78, 5) is 8.93. The molecular weight excluding hydrogens is 371 g/mol. The highest BCUT2D eigenvalue weighted by Crippen LogP contribution is 2.30. The lowest BCUT2D eigenvalue weighted by molar-refractivity contribution is 0.473. The van der Waals surface area contributed by atoms with Crippen molar-refractivity contribution in [1.82, 2.24) is 0 Å². The van der Waals surface area contributed by atoms with Crippen LogP contribution < -0.4 is 0 Å². The Morgan fingerprint density at radius 3 is 1.46 bits per heavy atom. The van der Waals surface area contributed by atoms with Crippen LogP contribution in [0.25, 0.3) is 0 Å². The van der Waals surface area contributed by atoms with Crippen molar-refractivity contribution >= 4 is 34.6 Å². The van der Waals surface area contributed by atoms with E-state index in [-0.39, 0.29) is 11.5 Å². The Kier molecular flexibility index (Phi) is 6.68. The summed E-state index contributed by atoms with van der Waals surface area (Å²) < 4.78 is 0. The largest absolute Gasteiger partial charge is 0.506 e. The molecule has 0 fully saturated rings. The highest BCUT2D eigenvalue weighted by molar-refractivity contribution is 6.33. The van der Waals surface area contributed by atoms with E-state index in [4.69, 9.17) is 23.2 Å². The second-order valence-corrected chi connectivity index (χ2v) is 7.03. The predicted octanol–water partition coefficient (Wildman–Crippen LogP) is 5.34. The number of hydrogen-bond donors (Lipinski definition) is 2. The molecule has 138 valence electrons. The minimum absolute atomic E-state index is 0.0394. The minimum Gasteiger partial charge on any atom is -0.506 e. The number of hydrogen-bond acceptors (Lipinski definition) is 4. The van der Waals surface area contributed by atoms with Gasteiger partial charge in [-0.2, -0.15) is 0 Å². The number of aromatic hydroxyl groups is 2. The van der Waals surface area contributed by atoms with Gasteiger partial charge in [0.1, 0.15) is 11.5 Å². The number of rotatable bonds is 5. The number of aryl methyl sites for hydroxylation is 2. The molecule has 2 rings (SSSR count). The fourth-order valence-corrected chi connectivity index (χ4v) is 3.17. The molecular formula is C20H22Cl2N2O2. The average Bonchev–Trinajstić information content (AvgIpc) is 2.57. The monoisotopic (exact) mass is 392 g/mol. The van der Waals surface area contributed by atoms with Gasteiger partial charge < -0.3 is 10.2 Å². The fraction of sp³-hybridized carbons (Fsp3) is 0.300. The van der Waals surface area contributed by atoms with E-state index in [0.29, 0.717) is 45.7 Å². The van der Waals surface area contributed by atoms with Gasteiger partial charge in [-0.1, -0.05) is 23.2 Å². The van der Waals surface area contributed by atoms with Crippen LogP contribution in [0.4, 0.5) is 0 Å². The smallest absolute Gasteiger partial charge is 0.143 e. The number of nitrogens with zero attached hydrogens (tertiary/aromatic N) is 2. The Morgan fingerprint density at radius 1 is 0.769 bits per heavy atom. The topological polar surface area (TPSA) is 65.2 Å². The van der Waals surface area contributed by atoms with Gasteiger partial charge in [0.2, 0.25) is 0 Å². The highest BCUT2D eigenvalue weighted by Gasteiger charge is 2.11. The molecule has 0 heterocycles. The van der Waals surface area contributed by atoms with Crippen molar-refractivity contribution < 1.29 is 10.2 Å². The van der Waals surface area contributed by atoms with Gasteiger partial charge in [0.25, 0.3) is 0 Å². The lowest BCUT2D eigenvalue weighted by Gasteiger charge is -2.08. The standard InChI is InChI=1S/C20H22Cl2N2O2/c1-11-7-15(19(25)17(21)9-11)13(3)23-5-6-24-14(4)16-8-12(2)10-18(22)20(16)26/h7-10,25-26H,5-6H2,1-4H3. The van der Waals surface area contributed by atoms with Gasteiger partial charge in [-0.15, -0.1) is 0 Å². The lowest BCUT2D eigenvalue weighted by atomic mass is 10.1. The second-order valence-electron chi connectivity index (χ2n) is 6.22. The van der Waals surface area contributed by atoms with E-state index >= 15 is 0 Å². The molecule has 0 saturated heterocycles. The molecule has 2 N–H and O–H groups in total.